The van der Waals surface area contributed by atoms with Crippen LogP contribution in [0, 0.1) is 12.7 Å². The molecule has 1 aromatic heterocycles. The topological polar surface area (TPSA) is 63.8 Å². The smallest absolute Gasteiger partial charge is 0.124 e. The van der Waals surface area contributed by atoms with Gasteiger partial charge in [-0.1, -0.05) is 12.2 Å². The highest BCUT2D eigenvalue weighted by Crippen LogP contribution is 2.17. The van der Waals surface area contributed by atoms with Gasteiger partial charge >= 0.3 is 0 Å². The van der Waals surface area contributed by atoms with Crippen molar-refractivity contribution in [1.82, 2.24) is 9.97 Å². The molecule has 0 saturated carbocycles. The van der Waals surface area contributed by atoms with E-state index < -0.39 is 0 Å². The van der Waals surface area contributed by atoms with E-state index in [1.807, 2.05) is 6.92 Å². The van der Waals surface area contributed by atoms with Gasteiger partial charge in [-0.3, -0.25) is 9.97 Å². The van der Waals surface area contributed by atoms with Gasteiger partial charge in [-0.25, -0.2) is 4.39 Å². The van der Waals surface area contributed by atoms with Crippen LogP contribution in [0.5, 0.6) is 0 Å². The summed E-state index contributed by atoms with van der Waals surface area (Å²) in [6.45, 7) is 2.34. The number of halogens is 1. The first kappa shape index (κ1) is 13.4. The summed E-state index contributed by atoms with van der Waals surface area (Å²) >= 11 is 4.90. The van der Waals surface area contributed by atoms with Crippen LogP contribution in [-0.4, -0.2) is 15.0 Å². The third kappa shape index (κ3) is 3.45. The molecule has 98 valence electrons. The molecule has 0 bridgehead atoms. The number of anilines is 1. The average molecular weight is 276 g/mol. The van der Waals surface area contributed by atoms with Gasteiger partial charge in [0.2, 0.25) is 0 Å². The number of nitrogens with zero attached hydrogens (tertiary/aromatic N) is 2. The Hall–Kier alpha value is -2.08. The highest BCUT2D eigenvalue weighted by Gasteiger charge is 2.07. The van der Waals surface area contributed by atoms with Crippen LogP contribution in [0.4, 0.5) is 10.1 Å². The molecule has 3 N–H and O–H groups in total. The molecular formula is C13H13FN4S. The van der Waals surface area contributed by atoms with Gasteiger partial charge in [0.1, 0.15) is 10.8 Å². The van der Waals surface area contributed by atoms with Crippen molar-refractivity contribution >= 4 is 22.9 Å². The number of rotatable bonds is 4. The lowest BCUT2D eigenvalue weighted by molar-refractivity contribution is 0.627. The van der Waals surface area contributed by atoms with Crippen LogP contribution in [0.1, 0.15) is 17.0 Å². The van der Waals surface area contributed by atoms with Gasteiger partial charge in [-0.2, -0.15) is 0 Å². The van der Waals surface area contributed by atoms with Gasteiger partial charge in [0.15, 0.2) is 0 Å². The van der Waals surface area contributed by atoms with E-state index in [1.165, 1.54) is 12.1 Å². The van der Waals surface area contributed by atoms with Gasteiger partial charge in [0, 0.05) is 17.4 Å². The molecule has 0 saturated heterocycles. The molecule has 1 aromatic carbocycles. The van der Waals surface area contributed by atoms with Crippen molar-refractivity contribution in [3.8, 4) is 0 Å². The van der Waals surface area contributed by atoms with Crippen molar-refractivity contribution in [3.05, 3.63) is 53.4 Å². The number of aromatic nitrogens is 2. The molecule has 6 heteroatoms. The van der Waals surface area contributed by atoms with Crippen molar-refractivity contribution < 1.29 is 4.39 Å². The second kappa shape index (κ2) is 5.71. The van der Waals surface area contributed by atoms with E-state index in [2.05, 4.69) is 15.3 Å². The van der Waals surface area contributed by atoms with Crippen LogP contribution in [-0.2, 0) is 6.54 Å². The zero-order valence-electron chi connectivity index (χ0n) is 10.4. The summed E-state index contributed by atoms with van der Waals surface area (Å²) < 4.78 is 13.1. The van der Waals surface area contributed by atoms with Gasteiger partial charge in [-0.15, -0.1) is 0 Å². The fourth-order valence-electron chi connectivity index (χ4n) is 1.57. The number of benzene rings is 1. The Morgan fingerprint density at radius 2 is 2.16 bits per heavy atom. The van der Waals surface area contributed by atoms with E-state index in [0.29, 0.717) is 17.8 Å². The first-order valence-corrected chi connectivity index (χ1v) is 6.08. The maximum absolute atomic E-state index is 13.1. The van der Waals surface area contributed by atoms with Crippen LogP contribution in [0.15, 0.2) is 30.6 Å². The molecule has 0 aliphatic heterocycles. The molecule has 0 atom stereocenters. The maximum atomic E-state index is 13.1. The summed E-state index contributed by atoms with van der Waals surface area (Å²) in [6.07, 6.45) is 3.38. The van der Waals surface area contributed by atoms with Crippen molar-refractivity contribution in [2.75, 3.05) is 5.32 Å². The Balaban J connectivity index is 2.15. The Labute approximate surface area is 115 Å². The number of thiocarbonyl (C=S) groups is 1. The van der Waals surface area contributed by atoms with Gasteiger partial charge in [-0.05, 0) is 25.1 Å². The zero-order valence-corrected chi connectivity index (χ0v) is 11.2. The van der Waals surface area contributed by atoms with E-state index in [9.17, 15) is 4.39 Å². The van der Waals surface area contributed by atoms with Gasteiger partial charge in [0.25, 0.3) is 0 Å². The Kier molecular flexibility index (Phi) is 4.01. The largest absolute Gasteiger partial charge is 0.389 e. The summed E-state index contributed by atoms with van der Waals surface area (Å²) in [4.78, 5) is 8.52. The summed E-state index contributed by atoms with van der Waals surface area (Å²) in [7, 11) is 0. The Bertz CT molecular complexity index is 598. The lowest BCUT2D eigenvalue weighted by Gasteiger charge is -2.11. The second-order valence-corrected chi connectivity index (χ2v) is 4.50. The van der Waals surface area contributed by atoms with E-state index in [4.69, 9.17) is 18.0 Å². The minimum atomic E-state index is -0.372. The number of nitrogens with one attached hydrogen (secondary N) is 1. The first-order valence-electron chi connectivity index (χ1n) is 5.67. The molecule has 0 fully saturated rings. The van der Waals surface area contributed by atoms with Gasteiger partial charge < -0.3 is 11.1 Å². The number of aryl methyl sites for hydroxylation is 1. The molecule has 2 aromatic rings. The molecule has 1 heterocycles. The van der Waals surface area contributed by atoms with Crippen LogP contribution in [0.3, 0.4) is 0 Å². The van der Waals surface area contributed by atoms with Crippen LogP contribution in [0.25, 0.3) is 0 Å². The fraction of sp³-hybridized carbons (Fsp3) is 0.154. The van der Waals surface area contributed by atoms with Crippen molar-refractivity contribution in [2.45, 2.75) is 13.5 Å². The molecule has 0 unspecified atom stereocenters. The predicted octanol–water partition coefficient (Wildman–Crippen LogP) is 2.17. The zero-order chi connectivity index (χ0) is 13.8. The minimum Gasteiger partial charge on any atom is -0.389 e. The predicted molar refractivity (Wildman–Crippen MR) is 76.4 cm³/mol. The normalized spacial score (nSPS) is 10.2. The monoisotopic (exact) mass is 276 g/mol. The second-order valence-electron chi connectivity index (χ2n) is 4.06. The molecular weight excluding hydrogens is 263 g/mol. The number of nitrogens with two attached hydrogens (primary N) is 1. The van der Waals surface area contributed by atoms with E-state index >= 15 is 0 Å². The summed E-state index contributed by atoms with van der Waals surface area (Å²) in [5.41, 5.74) is 8.36. The Morgan fingerprint density at radius 3 is 2.79 bits per heavy atom. The molecule has 0 aliphatic carbocycles. The molecule has 0 spiro atoms. The third-order valence-electron chi connectivity index (χ3n) is 2.54. The summed E-state index contributed by atoms with van der Waals surface area (Å²) in [5.74, 6) is -0.372. The van der Waals surface area contributed by atoms with Crippen molar-refractivity contribution in [2.24, 2.45) is 5.73 Å². The first-order chi connectivity index (χ1) is 9.06. The fourth-order valence-corrected chi connectivity index (χ4v) is 1.74. The third-order valence-corrected chi connectivity index (χ3v) is 2.76. The van der Waals surface area contributed by atoms with E-state index in [-0.39, 0.29) is 10.8 Å². The van der Waals surface area contributed by atoms with Crippen molar-refractivity contribution in [1.29, 1.82) is 0 Å². The average Bonchev–Trinajstić information content (AvgIpc) is 2.39. The Morgan fingerprint density at radius 1 is 1.37 bits per heavy atom. The highest BCUT2D eigenvalue weighted by atomic mass is 32.1. The quantitative estimate of drug-likeness (QED) is 0.838. The number of hydrogen-bond donors (Lipinski definition) is 2. The van der Waals surface area contributed by atoms with Crippen LogP contribution in [0.2, 0.25) is 0 Å². The maximum Gasteiger partial charge on any atom is 0.124 e. The molecule has 2 rings (SSSR count). The molecule has 0 radical (unpaired) electrons. The van der Waals surface area contributed by atoms with Crippen molar-refractivity contribution in [3.63, 3.8) is 0 Å². The molecule has 0 aliphatic rings. The van der Waals surface area contributed by atoms with E-state index in [1.54, 1.807) is 18.5 Å². The summed E-state index contributed by atoms with van der Waals surface area (Å²) in [6, 6.07) is 4.27. The van der Waals surface area contributed by atoms with Crippen LogP contribution >= 0.6 is 12.2 Å². The standard InChI is InChI=1S/C13H13FN4S/c1-8-5-17-10(6-16-8)7-18-12-3-2-9(14)4-11(12)13(15)19/h2-6,18H,7H2,1H3,(H2,15,19). The minimum absolute atomic E-state index is 0.150. The van der Waals surface area contributed by atoms with Crippen LogP contribution < -0.4 is 11.1 Å². The lowest BCUT2D eigenvalue weighted by Crippen LogP contribution is -2.14. The lowest BCUT2D eigenvalue weighted by atomic mass is 10.1. The van der Waals surface area contributed by atoms with E-state index in [0.717, 1.165) is 11.4 Å². The SMILES string of the molecule is Cc1cnc(CNc2ccc(F)cc2C(N)=S)cn1. The summed E-state index contributed by atoms with van der Waals surface area (Å²) in [5, 5.41) is 3.12. The van der Waals surface area contributed by atoms with Gasteiger partial charge in [0.05, 0.1) is 24.1 Å². The number of hydrogen-bond acceptors (Lipinski definition) is 4. The molecule has 0 amide bonds. The highest BCUT2D eigenvalue weighted by molar-refractivity contribution is 7.80. The molecule has 4 nitrogen and oxygen atoms in total. The molecule has 19 heavy (non-hydrogen) atoms.